The maximum atomic E-state index is 13.5. The number of nitrogens with zero attached hydrogens (tertiary/aromatic N) is 4. The van der Waals surface area contributed by atoms with Crippen LogP contribution in [-0.2, 0) is 9.59 Å². The van der Waals surface area contributed by atoms with Crippen molar-refractivity contribution in [3.8, 4) is 0 Å². The Kier molecular flexibility index (Phi) is 5.21. The molecule has 1 aromatic carbocycles. The van der Waals surface area contributed by atoms with Crippen molar-refractivity contribution in [2.75, 3.05) is 36.0 Å². The summed E-state index contributed by atoms with van der Waals surface area (Å²) in [6.07, 6.45) is 1.78. The van der Waals surface area contributed by atoms with E-state index in [-0.39, 0.29) is 11.8 Å². The topological polar surface area (TPSA) is 56.8 Å². The molecule has 6 nitrogen and oxygen atoms in total. The molecule has 0 N–H and O–H groups in total. The zero-order valence-electron chi connectivity index (χ0n) is 16.6. The molecule has 31 heavy (non-hydrogen) atoms. The fourth-order valence-corrected chi connectivity index (χ4v) is 4.87. The Morgan fingerprint density at radius 1 is 0.839 bits per heavy atom. The first kappa shape index (κ1) is 19.8. The molecule has 0 bridgehead atoms. The number of hydrogen-bond donors (Lipinski definition) is 0. The average molecular weight is 451 g/mol. The number of halogens is 1. The quantitative estimate of drug-likeness (QED) is 0.564. The number of pyridine rings is 1. The highest BCUT2D eigenvalue weighted by Gasteiger charge is 2.43. The molecule has 2 aromatic heterocycles. The van der Waals surface area contributed by atoms with Gasteiger partial charge in [0, 0.05) is 42.3 Å². The predicted octanol–water partition coefficient (Wildman–Crippen LogP) is 3.90. The summed E-state index contributed by atoms with van der Waals surface area (Å²) in [5.74, 6) is 0.338. The number of imide groups is 1. The van der Waals surface area contributed by atoms with Gasteiger partial charge >= 0.3 is 0 Å². The molecule has 0 aliphatic carbocycles. The SMILES string of the molecule is O=C1C(c2cccs2)=C(N2CCN(c3ccccn3)CC2)C(=O)N1c1ccc(Cl)cc1. The number of anilines is 2. The van der Waals surface area contributed by atoms with E-state index in [2.05, 4.69) is 9.88 Å². The van der Waals surface area contributed by atoms with E-state index in [9.17, 15) is 9.59 Å². The minimum absolute atomic E-state index is 0.290. The van der Waals surface area contributed by atoms with Gasteiger partial charge < -0.3 is 9.80 Å². The molecule has 2 amide bonds. The summed E-state index contributed by atoms with van der Waals surface area (Å²) in [4.78, 5) is 37.6. The van der Waals surface area contributed by atoms with Crippen molar-refractivity contribution in [3.05, 3.63) is 81.8 Å². The van der Waals surface area contributed by atoms with Crippen LogP contribution in [0.1, 0.15) is 4.88 Å². The molecule has 156 valence electrons. The minimum atomic E-state index is -0.295. The number of carbonyl (C=O) groups is 2. The number of carbonyl (C=O) groups excluding carboxylic acids is 2. The van der Waals surface area contributed by atoms with E-state index in [0.29, 0.717) is 35.1 Å². The van der Waals surface area contributed by atoms with Crippen LogP contribution >= 0.6 is 22.9 Å². The Morgan fingerprint density at radius 2 is 1.58 bits per heavy atom. The fraction of sp³-hybridized carbons (Fsp3) is 0.174. The lowest BCUT2D eigenvalue weighted by molar-refractivity contribution is -0.120. The van der Waals surface area contributed by atoms with Gasteiger partial charge in [-0.1, -0.05) is 23.7 Å². The molecule has 0 radical (unpaired) electrons. The second kappa shape index (κ2) is 8.17. The average Bonchev–Trinajstić information content (AvgIpc) is 3.41. The normalized spacial score (nSPS) is 17.1. The van der Waals surface area contributed by atoms with Gasteiger partial charge in [-0.3, -0.25) is 9.59 Å². The standard InChI is InChI=1S/C23H19ClN4O2S/c24-16-6-8-17(9-7-16)28-22(29)20(18-4-3-15-31-18)21(23(28)30)27-13-11-26(12-14-27)19-5-1-2-10-25-19/h1-10,15H,11-14H2. The second-order valence-electron chi connectivity index (χ2n) is 7.29. The Hall–Kier alpha value is -3.16. The van der Waals surface area contributed by atoms with Crippen LogP contribution in [0.3, 0.4) is 0 Å². The van der Waals surface area contributed by atoms with Gasteiger partial charge in [-0.25, -0.2) is 9.88 Å². The molecule has 2 aliphatic rings. The van der Waals surface area contributed by atoms with Gasteiger partial charge in [-0.05, 0) is 47.8 Å². The number of piperazine rings is 1. The van der Waals surface area contributed by atoms with Gasteiger partial charge in [-0.15, -0.1) is 11.3 Å². The van der Waals surface area contributed by atoms with Crippen LogP contribution in [0.2, 0.25) is 5.02 Å². The first-order valence-electron chi connectivity index (χ1n) is 9.97. The van der Waals surface area contributed by atoms with Crippen LogP contribution < -0.4 is 9.80 Å². The van der Waals surface area contributed by atoms with Crippen molar-refractivity contribution in [1.82, 2.24) is 9.88 Å². The predicted molar refractivity (Wildman–Crippen MR) is 123 cm³/mol. The van der Waals surface area contributed by atoms with Crippen molar-refractivity contribution < 1.29 is 9.59 Å². The van der Waals surface area contributed by atoms with Crippen molar-refractivity contribution in [1.29, 1.82) is 0 Å². The highest BCUT2D eigenvalue weighted by molar-refractivity contribution is 7.11. The molecule has 0 spiro atoms. The zero-order chi connectivity index (χ0) is 21.4. The van der Waals surface area contributed by atoms with Crippen LogP contribution in [0, 0.1) is 0 Å². The molecular weight excluding hydrogens is 432 g/mol. The van der Waals surface area contributed by atoms with Crippen molar-refractivity contribution in [3.63, 3.8) is 0 Å². The van der Waals surface area contributed by atoms with Crippen LogP contribution in [0.5, 0.6) is 0 Å². The maximum Gasteiger partial charge on any atom is 0.282 e. The van der Waals surface area contributed by atoms with E-state index in [1.165, 1.54) is 16.2 Å². The molecule has 1 fully saturated rings. The van der Waals surface area contributed by atoms with Crippen LogP contribution in [-0.4, -0.2) is 47.9 Å². The maximum absolute atomic E-state index is 13.5. The van der Waals surface area contributed by atoms with E-state index in [0.717, 1.165) is 23.8 Å². The van der Waals surface area contributed by atoms with Crippen LogP contribution in [0.25, 0.3) is 5.57 Å². The number of thiophene rings is 1. The third-order valence-electron chi connectivity index (χ3n) is 5.48. The Balaban J connectivity index is 1.47. The minimum Gasteiger partial charge on any atom is -0.363 e. The summed E-state index contributed by atoms with van der Waals surface area (Å²) in [6, 6.07) is 16.4. The second-order valence-corrected chi connectivity index (χ2v) is 8.67. The first-order chi connectivity index (χ1) is 15.1. The van der Waals surface area contributed by atoms with Crippen molar-refractivity contribution in [2.45, 2.75) is 0 Å². The summed E-state index contributed by atoms with van der Waals surface area (Å²) in [5.41, 5.74) is 1.47. The third kappa shape index (κ3) is 3.60. The molecule has 0 unspecified atom stereocenters. The molecule has 8 heteroatoms. The molecular formula is C23H19ClN4O2S. The van der Waals surface area contributed by atoms with Crippen molar-refractivity contribution in [2.24, 2.45) is 0 Å². The third-order valence-corrected chi connectivity index (χ3v) is 6.62. The van der Waals surface area contributed by atoms with Crippen LogP contribution in [0.15, 0.2) is 71.9 Å². The smallest absolute Gasteiger partial charge is 0.282 e. The van der Waals surface area contributed by atoms with E-state index in [1.54, 1.807) is 30.5 Å². The van der Waals surface area contributed by atoms with Gasteiger partial charge in [0.25, 0.3) is 11.8 Å². The van der Waals surface area contributed by atoms with Gasteiger partial charge in [0.2, 0.25) is 0 Å². The summed E-state index contributed by atoms with van der Waals surface area (Å²) in [5, 5.41) is 2.47. The summed E-state index contributed by atoms with van der Waals surface area (Å²) >= 11 is 7.47. The molecule has 3 aromatic rings. The first-order valence-corrected chi connectivity index (χ1v) is 11.2. The van der Waals surface area contributed by atoms with Crippen LogP contribution in [0.4, 0.5) is 11.5 Å². The molecule has 1 saturated heterocycles. The number of benzene rings is 1. The zero-order valence-corrected chi connectivity index (χ0v) is 18.1. The number of aromatic nitrogens is 1. The summed E-state index contributed by atoms with van der Waals surface area (Å²) in [6.45, 7) is 2.71. The summed E-state index contributed by atoms with van der Waals surface area (Å²) < 4.78 is 0. The molecule has 0 saturated carbocycles. The molecule has 2 aliphatic heterocycles. The Morgan fingerprint density at radius 3 is 2.23 bits per heavy atom. The number of amides is 2. The van der Waals surface area contributed by atoms with Gasteiger partial charge in [0.1, 0.15) is 11.5 Å². The molecule has 4 heterocycles. The van der Waals surface area contributed by atoms with E-state index in [4.69, 9.17) is 11.6 Å². The lowest BCUT2D eigenvalue weighted by Crippen LogP contribution is -2.48. The highest BCUT2D eigenvalue weighted by atomic mass is 35.5. The lowest BCUT2D eigenvalue weighted by atomic mass is 10.1. The largest absolute Gasteiger partial charge is 0.363 e. The van der Waals surface area contributed by atoms with Gasteiger partial charge in [-0.2, -0.15) is 0 Å². The van der Waals surface area contributed by atoms with Gasteiger partial charge in [0.05, 0.1) is 11.3 Å². The van der Waals surface area contributed by atoms with E-state index >= 15 is 0 Å². The Labute approximate surface area is 189 Å². The lowest BCUT2D eigenvalue weighted by Gasteiger charge is -2.37. The van der Waals surface area contributed by atoms with E-state index in [1.807, 2.05) is 40.6 Å². The number of rotatable bonds is 4. The summed E-state index contributed by atoms with van der Waals surface area (Å²) in [7, 11) is 0. The Bertz CT molecular complexity index is 1140. The highest BCUT2D eigenvalue weighted by Crippen LogP contribution is 2.37. The number of hydrogen-bond acceptors (Lipinski definition) is 6. The van der Waals surface area contributed by atoms with Crippen molar-refractivity contribution >= 4 is 51.8 Å². The monoisotopic (exact) mass is 450 g/mol. The molecule has 5 rings (SSSR count). The van der Waals surface area contributed by atoms with E-state index < -0.39 is 0 Å². The van der Waals surface area contributed by atoms with Gasteiger partial charge in [0.15, 0.2) is 0 Å². The molecule has 0 atom stereocenters. The fourth-order valence-electron chi connectivity index (χ4n) is 3.98.